The fourth-order valence-electron chi connectivity index (χ4n) is 2.03. The Balaban J connectivity index is 2.03. The molecule has 0 aliphatic carbocycles. The second kappa shape index (κ2) is 7.31. The summed E-state index contributed by atoms with van der Waals surface area (Å²) in [5, 5.41) is 2.95. The molecule has 0 spiro atoms. The number of furan rings is 1. The molecule has 0 aliphatic rings. The van der Waals surface area contributed by atoms with E-state index in [0.29, 0.717) is 16.3 Å². The highest BCUT2D eigenvalue weighted by atomic mass is 32.1. The number of aryl methyl sites for hydroxylation is 2. The van der Waals surface area contributed by atoms with E-state index in [4.69, 9.17) is 13.9 Å². The largest absolute Gasteiger partial charge is 0.469 e. The number of anilines is 1. The van der Waals surface area contributed by atoms with Crippen LogP contribution in [0.25, 0.3) is 0 Å². The number of carbonyl (C=O) groups is 3. The van der Waals surface area contributed by atoms with E-state index in [2.05, 4.69) is 5.32 Å². The average Bonchev–Trinajstić information content (AvgIpc) is 3.08. The van der Waals surface area contributed by atoms with E-state index in [1.54, 1.807) is 13.8 Å². The van der Waals surface area contributed by atoms with Crippen LogP contribution in [0.3, 0.4) is 0 Å². The molecule has 0 bridgehead atoms. The van der Waals surface area contributed by atoms with Gasteiger partial charge in [0.25, 0.3) is 5.91 Å². The van der Waals surface area contributed by atoms with Gasteiger partial charge in [-0.2, -0.15) is 0 Å². The molecule has 0 radical (unpaired) electrons. The van der Waals surface area contributed by atoms with E-state index in [1.807, 2.05) is 6.92 Å². The maximum Gasteiger partial charge on any atom is 0.342 e. The van der Waals surface area contributed by atoms with Crippen molar-refractivity contribution < 1.29 is 28.3 Å². The second-order valence-corrected chi connectivity index (χ2v) is 6.22. The third-order valence-corrected chi connectivity index (χ3v) is 4.56. The minimum absolute atomic E-state index is 0.265. The van der Waals surface area contributed by atoms with Crippen LogP contribution in [0.15, 0.2) is 16.7 Å². The molecular weight excluding hydrogens is 334 g/mol. The van der Waals surface area contributed by atoms with Gasteiger partial charge in [0, 0.05) is 4.88 Å². The van der Waals surface area contributed by atoms with Gasteiger partial charge in [-0.25, -0.2) is 9.59 Å². The lowest BCUT2D eigenvalue weighted by atomic mass is 10.1. The Hall–Kier alpha value is -2.61. The van der Waals surface area contributed by atoms with Gasteiger partial charge in [-0.05, 0) is 32.4 Å². The molecule has 0 fully saturated rings. The second-order valence-electron chi connectivity index (χ2n) is 4.99. The van der Waals surface area contributed by atoms with Gasteiger partial charge in [0.15, 0.2) is 6.61 Å². The van der Waals surface area contributed by atoms with Crippen molar-refractivity contribution in [3.05, 3.63) is 39.7 Å². The Morgan fingerprint density at radius 3 is 2.50 bits per heavy atom. The number of thiophene rings is 1. The Bertz CT molecular complexity index is 789. The minimum Gasteiger partial charge on any atom is -0.469 e. The Morgan fingerprint density at radius 2 is 1.92 bits per heavy atom. The first-order valence-electron chi connectivity index (χ1n) is 7.04. The van der Waals surface area contributed by atoms with Gasteiger partial charge in [0.2, 0.25) is 0 Å². The number of hydrogen-bond acceptors (Lipinski definition) is 7. The molecule has 128 valence electrons. The summed E-state index contributed by atoms with van der Waals surface area (Å²) >= 11 is 1.26. The number of amides is 1. The van der Waals surface area contributed by atoms with Crippen molar-refractivity contribution in [1.29, 1.82) is 0 Å². The van der Waals surface area contributed by atoms with E-state index >= 15 is 0 Å². The number of carbonyl (C=O) groups excluding carboxylic acids is 3. The molecule has 24 heavy (non-hydrogen) atoms. The SMILES string of the molecule is COC(=O)c1c(NC(=O)COC(=O)c2ccoc2C)sc(C)c1C. The normalized spacial score (nSPS) is 10.3. The highest BCUT2D eigenvalue weighted by Gasteiger charge is 2.22. The summed E-state index contributed by atoms with van der Waals surface area (Å²) in [5.41, 5.74) is 1.32. The summed E-state index contributed by atoms with van der Waals surface area (Å²) in [4.78, 5) is 36.6. The lowest BCUT2D eigenvalue weighted by molar-refractivity contribution is -0.119. The molecular formula is C16H17NO6S. The molecule has 7 nitrogen and oxygen atoms in total. The summed E-state index contributed by atoms with van der Waals surface area (Å²) in [5.74, 6) is -1.31. The zero-order valence-corrected chi connectivity index (χ0v) is 14.5. The molecule has 1 N–H and O–H groups in total. The third-order valence-electron chi connectivity index (χ3n) is 3.44. The molecule has 2 rings (SSSR count). The lowest BCUT2D eigenvalue weighted by Gasteiger charge is -2.07. The topological polar surface area (TPSA) is 94.8 Å². The van der Waals surface area contributed by atoms with Crippen LogP contribution in [0.2, 0.25) is 0 Å². The van der Waals surface area contributed by atoms with Crippen molar-refractivity contribution in [3.63, 3.8) is 0 Å². The fourth-order valence-corrected chi connectivity index (χ4v) is 3.10. The predicted octanol–water partition coefficient (Wildman–Crippen LogP) is 2.85. The van der Waals surface area contributed by atoms with Crippen LogP contribution in [0.5, 0.6) is 0 Å². The van der Waals surface area contributed by atoms with Gasteiger partial charge in [-0.1, -0.05) is 0 Å². The highest BCUT2D eigenvalue weighted by Crippen LogP contribution is 2.32. The number of methoxy groups -OCH3 is 1. The van der Waals surface area contributed by atoms with E-state index in [1.165, 1.54) is 30.8 Å². The van der Waals surface area contributed by atoms with Gasteiger partial charge >= 0.3 is 11.9 Å². The van der Waals surface area contributed by atoms with E-state index in [0.717, 1.165) is 10.4 Å². The van der Waals surface area contributed by atoms with Crippen LogP contribution < -0.4 is 5.32 Å². The van der Waals surface area contributed by atoms with Crippen LogP contribution >= 0.6 is 11.3 Å². The first kappa shape index (κ1) is 17.7. The van der Waals surface area contributed by atoms with Gasteiger partial charge in [0.1, 0.15) is 16.3 Å². The van der Waals surface area contributed by atoms with Crippen molar-refractivity contribution in [2.45, 2.75) is 20.8 Å². The van der Waals surface area contributed by atoms with Gasteiger partial charge in [-0.15, -0.1) is 11.3 Å². The molecule has 0 saturated heterocycles. The van der Waals surface area contributed by atoms with Gasteiger partial charge < -0.3 is 19.2 Å². The number of hydrogen-bond donors (Lipinski definition) is 1. The number of nitrogens with one attached hydrogen (secondary N) is 1. The monoisotopic (exact) mass is 351 g/mol. The molecule has 0 unspecified atom stereocenters. The molecule has 2 aromatic rings. The fraction of sp³-hybridized carbons (Fsp3) is 0.312. The molecule has 1 amide bonds. The molecule has 0 atom stereocenters. The summed E-state index contributed by atoms with van der Waals surface area (Å²) < 4.78 is 14.7. The Morgan fingerprint density at radius 1 is 1.21 bits per heavy atom. The minimum atomic E-state index is -0.650. The summed E-state index contributed by atoms with van der Waals surface area (Å²) in [6.07, 6.45) is 1.37. The van der Waals surface area contributed by atoms with Gasteiger partial charge in [-0.3, -0.25) is 4.79 Å². The first-order valence-corrected chi connectivity index (χ1v) is 7.86. The molecule has 2 heterocycles. The number of rotatable bonds is 5. The highest BCUT2D eigenvalue weighted by molar-refractivity contribution is 7.16. The molecule has 0 aromatic carbocycles. The van der Waals surface area contributed by atoms with Crippen LogP contribution in [0.1, 0.15) is 36.9 Å². The van der Waals surface area contributed by atoms with E-state index in [-0.39, 0.29) is 5.56 Å². The summed E-state index contributed by atoms with van der Waals surface area (Å²) in [6.45, 7) is 4.76. The van der Waals surface area contributed by atoms with Crippen molar-refractivity contribution in [1.82, 2.24) is 0 Å². The quantitative estimate of drug-likeness (QED) is 0.832. The molecule has 8 heteroatoms. The van der Waals surface area contributed by atoms with Gasteiger partial charge in [0.05, 0.1) is 18.9 Å². The summed E-state index contributed by atoms with van der Waals surface area (Å²) in [6, 6.07) is 1.47. The summed E-state index contributed by atoms with van der Waals surface area (Å²) in [7, 11) is 1.27. The Labute approximate surface area is 142 Å². The molecule has 2 aromatic heterocycles. The maximum absolute atomic E-state index is 12.0. The Kier molecular flexibility index (Phi) is 5.40. The van der Waals surface area contributed by atoms with Crippen LogP contribution in [-0.4, -0.2) is 31.6 Å². The van der Waals surface area contributed by atoms with Crippen LogP contribution in [0, 0.1) is 20.8 Å². The average molecular weight is 351 g/mol. The lowest BCUT2D eigenvalue weighted by Crippen LogP contribution is -2.21. The number of esters is 2. The molecule has 0 aliphatic heterocycles. The maximum atomic E-state index is 12.0. The van der Waals surface area contributed by atoms with Crippen LogP contribution in [0.4, 0.5) is 5.00 Å². The first-order chi connectivity index (χ1) is 11.3. The van der Waals surface area contributed by atoms with E-state index < -0.39 is 24.5 Å². The van der Waals surface area contributed by atoms with Crippen molar-refractivity contribution in [3.8, 4) is 0 Å². The third kappa shape index (κ3) is 3.65. The standard InChI is InChI=1S/C16H17NO6S/c1-8-10(3)24-14(13(8)16(20)21-4)17-12(18)7-23-15(19)11-5-6-22-9(11)2/h5-6H,7H2,1-4H3,(H,17,18). The number of ether oxygens (including phenoxy) is 2. The molecule has 0 saturated carbocycles. The van der Waals surface area contributed by atoms with Crippen molar-refractivity contribution in [2.24, 2.45) is 0 Å². The van der Waals surface area contributed by atoms with E-state index in [9.17, 15) is 14.4 Å². The predicted molar refractivity (Wildman–Crippen MR) is 87.5 cm³/mol. The van der Waals surface area contributed by atoms with Crippen LogP contribution in [-0.2, 0) is 14.3 Å². The zero-order valence-electron chi connectivity index (χ0n) is 13.7. The zero-order chi connectivity index (χ0) is 17.9. The van der Waals surface area contributed by atoms with Crippen molar-refractivity contribution >= 4 is 34.2 Å². The smallest absolute Gasteiger partial charge is 0.342 e. The van der Waals surface area contributed by atoms with Crippen molar-refractivity contribution in [2.75, 3.05) is 19.0 Å².